The Hall–Kier alpha value is -1.56. The van der Waals surface area contributed by atoms with E-state index in [0.29, 0.717) is 18.3 Å². The van der Waals surface area contributed by atoms with Gasteiger partial charge in [0.05, 0.1) is 19.5 Å². The van der Waals surface area contributed by atoms with Crippen LogP contribution in [0, 0.1) is 5.92 Å². The summed E-state index contributed by atoms with van der Waals surface area (Å²) in [4.78, 5) is 15.6. The summed E-state index contributed by atoms with van der Waals surface area (Å²) >= 11 is 0. The monoisotopic (exact) mass is 253 g/mol. The van der Waals surface area contributed by atoms with Crippen molar-refractivity contribution in [3.05, 3.63) is 12.0 Å². The molecule has 1 aromatic heterocycles. The van der Waals surface area contributed by atoms with Gasteiger partial charge in [0.25, 0.3) is 0 Å². The van der Waals surface area contributed by atoms with Crippen molar-refractivity contribution < 1.29 is 14.3 Å². The van der Waals surface area contributed by atoms with Gasteiger partial charge < -0.3 is 19.8 Å². The van der Waals surface area contributed by atoms with Crippen molar-refractivity contribution in [2.45, 2.75) is 26.3 Å². The van der Waals surface area contributed by atoms with E-state index in [1.807, 2.05) is 0 Å². The van der Waals surface area contributed by atoms with Crippen LogP contribution >= 0.6 is 0 Å². The van der Waals surface area contributed by atoms with E-state index in [-0.39, 0.29) is 5.69 Å². The third-order valence-corrected chi connectivity index (χ3v) is 3.06. The van der Waals surface area contributed by atoms with Crippen LogP contribution < -0.4 is 5.73 Å². The first-order chi connectivity index (χ1) is 8.72. The second-order valence-corrected chi connectivity index (χ2v) is 4.43. The maximum atomic E-state index is 11.6. The van der Waals surface area contributed by atoms with Crippen molar-refractivity contribution in [2.75, 3.05) is 25.6 Å². The van der Waals surface area contributed by atoms with Crippen LogP contribution in [0.25, 0.3) is 0 Å². The molecule has 1 aliphatic heterocycles. The number of aromatic nitrogens is 2. The molecule has 100 valence electrons. The molecule has 0 radical (unpaired) electrons. The van der Waals surface area contributed by atoms with Crippen LogP contribution in [0.2, 0.25) is 0 Å². The first-order valence-corrected chi connectivity index (χ1v) is 6.27. The summed E-state index contributed by atoms with van der Waals surface area (Å²) in [6.45, 7) is 4.39. The van der Waals surface area contributed by atoms with Gasteiger partial charge in [0, 0.05) is 19.1 Å². The minimum absolute atomic E-state index is 0.202. The number of nitrogen functional groups attached to an aromatic ring is 1. The molecule has 0 aromatic carbocycles. The summed E-state index contributed by atoms with van der Waals surface area (Å²) < 4.78 is 12.1. The Morgan fingerprint density at radius 1 is 1.72 bits per heavy atom. The minimum atomic E-state index is -0.464. The predicted molar refractivity (Wildman–Crippen MR) is 66.1 cm³/mol. The molecule has 1 unspecified atom stereocenters. The Morgan fingerprint density at radius 2 is 2.56 bits per heavy atom. The van der Waals surface area contributed by atoms with E-state index in [4.69, 9.17) is 15.2 Å². The number of carbonyl (C=O) groups excluding carboxylic acids is 1. The van der Waals surface area contributed by atoms with E-state index < -0.39 is 5.97 Å². The first-order valence-electron chi connectivity index (χ1n) is 6.27. The largest absolute Gasteiger partial charge is 0.461 e. The summed E-state index contributed by atoms with van der Waals surface area (Å²) in [6.07, 6.45) is 3.78. The highest BCUT2D eigenvalue weighted by Gasteiger charge is 2.20. The van der Waals surface area contributed by atoms with Crippen molar-refractivity contribution in [1.29, 1.82) is 0 Å². The molecule has 1 aromatic rings. The van der Waals surface area contributed by atoms with E-state index in [0.717, 1.165) is 32.6 Å². The summed E-state index contributed by atoms with van der Waals surface area (Å²) in [5.74, 6) is 0.345. The van der Waals surface area contributed by atoms with E-state index >= 15 is 0 Å². The van der Waals surface area contributed by atoms with Gasteiger partial charge in [-0.2, -0.15) is 0 Å². The SMILES string of the molecule is CCOC(=O)c1ncn(CC2CCCOC2)c1N. The Bertz CT molecular complexity index is 411. The van der Waals surface area contributed by atoms with Crippen LogP contribution in [-0.2, 0) is 16.0 Å². The molecule has 1 aliphatic rings. The standard InChI is InChI=1S/C12H19N3O3/c1-2-18-12(16)10-11(13)15(8-14-10)6-9-4-3-5-17-7-9/h8-9H,2-7,13H2,1H3. The van der Waals surface area contributed by atoms with Gasteiger partial charge in [0.1, 0.15) is 5.82 Å². The van der Waals surface area contributed by atoms with E-state index in [1.54, 1.807) is 17.8 Å². The molecule has 1 fully saturated rings. The molecule has 18 heavy (non-hydrogen) atoms. The highest BCUT2D eigenvalue weighted by atomic mass is 16.5. The van der Waals surface area contributed by atoms with Gasteiger partial charge in [0.2, 0.25) is 0 Å². The van der Waals surface area contributed by atoms with Gasteiger partial charge in [-0.05, 0) is 19.8 Å². The average Bonchev–Trinajstić information content (AvgIpc) is 2.73. The van der Waals surface area contributed by atoms with Gasteiger partial charge in [0.15, 0.2) is 5.69 Å². The highest BCUT2D eigenvalue weighted by Crippen LogP contribution is 2.19. The molecule has 6 heteroatoms. The number of rotatable bonds is 4. The molecule has 0 amide bonds. The number of hydrogen-bond donors (Lipinski definition) is 1. The Kier molecular flexibility index (Phi) is 4.19. The summed E-state index contributed by atoms with van der Waals surface area (Å²) in [5, 5.41) is 0. The fraction of sp³-hybridized carbons (Fsp3) is 0.667. The Balaban J connectivity index is 2.03. The number of esters is 1. The molecule has 2 heterocycles. The smallest absolute Gasteiger partial charge is 0.360 e. The van der Waals surface area contributed by atoms with Gasteiger partial charge in [-0.1, -0.05) is 0 Å². The Labute approximate surface area is 106 Å². The molecule has 1 saturated heterocycles. The van der Waals surface area contributed by atoms with Gasteiger partial charge in [-0.25, -0.2) is 9.78 Å². The van der Waals surface area contributed by atoms with E-state index in [9.17, 15) is 4.79 Å². The molecule has 0 spiro atoms. The lowest BCUT2D eigenvalue weighted by atomic mass is 10.0. The fourth-order valence-corrected chi connectivity index (χ4v) is 2.12. The molecular weight excluding hydrogens is 234 g/mol. The zero-order valence-corrected chi connectivity index (χ0v) is 10.6. The number of nitrogens with two attached hydrogens (primary N) is 1. The summed E-state index contributed by atoms with van der Waals surface area (Å²) in [6, 6.07) is 0. The summed E-state index contributed by atoms with van der Waals surface area (Å²) in [7, 11) is 0. The third kappa shape index (κ3) is 2.81. The van der Waals surface area contributed by atoms with Gasteiger partial charge in [-0.3, -0.25) is 0 Å². The number of anilines is 1. The maximum absolute atomic E-state index is 11.6. The fourth-order valence-electron chi connectivity index (χ4n) is 2.12. The van der Waals surface area contributed by atoms with Gasteiger partial charge in [-0.15, -0.1) is 0 Å². The third-order valence-electron chi connectivity index (χ3n) is 3.06. The first kappa shape index (κ1) is 12.9. The molecule has 2 N–H and O–H groups in total. The number of carbonyl (C=O) groups is 1. The maximum Gasteiger partial charge on any atom is 0.360 e. The van der Waals surface area contributed by atoms with Crippen LogP contribution in [0.4, 0.5) is 5.82 Å². The molecule has 6 nitrogen and oxygen atoms in total. The lowest BCUT2D eigenvalue weighted by Crippen LogP contribution is -2.22. The second kappa shape index (κ2) is 5.86. The molecule has 0 aliphatic carbocycles. The molecule has 0 bridgehead atoms. The van der Waals surface area contributed by atoms with Crippen molar-refractivity contribution in [1.82, 2.24) is 9.55 Å². The van der Waals surface area contributed by atoms with Crippen LogP contribution in [0.3, 0.4) is 0 Å². The van der Waals surface area contributed by atoms with Crippen molar-refractivity contribution in [3.8, 4) is 0 Å². The second-order valence-electron chi connectivity index (χ2n) is 4.43. The minimum Gasteiger partial charge on any atom is -0.461 e. The lowest BCUT2D eigenvalue weighted by molar-refractivity contribution is 0.0485. The molecule has 2 rings (SSSR count). The normalized spacial score (nSPS) is 19.7. The quantitative estimate of drug-likeness (QED) is 0.812. The number of hydrogen-bond acceptors (Lipinski definition) is 5. The van der Waals surface area contributed by atoms with Crippen LogP contribution in [0.1, 0.15) is 30.3 Å². The number of ether oxygens (including phenoxy) is 2. The number of imidazole rings is 1. The average molecular weight is 253 g/mol. The zero-order valence-electron chi connectivity index (χ0n) is 10.6. The van der Waals surface area contributed by atoms with E-state index in [1.165, 1.54) is 0 Å². The molecule has 0 saturated carbocycles. The summed E-state index contributed by atoms with van der Waals surface area (Å²) in [5.41, 5.74) is 6.11. The van der Waals surface area contributed by atoms with Crippen molar-refractivity contribution in [2.24, 2.45) is 5.92 Å². The van der Waals surface area contributed by atoms with Crippen LogP contribution in [0.15, 0.2) is 6.33 Å². The van der Waals surface area contributed by atoms with Crippen LogP contribution in [0.5, 0.6) is 0 Å². The predicted octanol–water partition coefficient (Wildman–Crippen LogP) is 1.07. The van der Waals surface area contributed by atoms with E-state index in [2.05, 4.69) is 4.98 Å². The van der Waals surface area contributed by atoms with Crippen LogP contribution in [-0.4, -0.2) is 35.3 Å². The highest BCUT2D eigenvalue weighted by molar-refractivity contribution is 5.92. The Morgan fingerprint density at radius 3 is 3.22 bits per heavy atom. The zero-order chi connectivity index (χ0) is 13.0. The molecule has 1 atom stereocenters. The molecular formula is C12H19N3O3. The van der Waals surface area contributed by atoms with Crippen molar-refractivity contribution in [3.63, 3.8) is 0 Å². The van der Waals surface area contributed by atoms with Gasteiger partial charge >= 0.3 is 5.97 Å². The number of nitrogens with zero attached hydrogens (tertiary/aromatic N) is 2. The lowest BCUT2D eigenvalue weighted by Gasteiger charge is -2.22. The van der Waals surface area contributed by atoms with Crippen molar-refractivity contribution >= 4 is 11.8 Å². The topological polar surface area (TPSA) is 79.4 Å².